The average Bonchev–Trinajstić information content (AvgIpc) is 3.00. The molecule has 0 saturated carbocycles. The Labute approximate surface area is 146 Å². The molecule has 2 saturated heterocycles. The number of benzene rings is 1. The number of carbonyl (C=O) groups excluding carboxylic acids is 2. The van der Waals surface area contributed by atoms with Crippen molar-refractivity contribution >= 4 is 29.2 Å². The Morgan fingerprint density at radius 2 is 2.21 bits per heavy atom. The standard InChI is InChI=1S/C17H23ClN4O2/c1-11-4-6-21(13(8-11)10-19)16(23)14-9-12(2-3-15(14)18)22-7-5-20-17(22)24/h2-3,9,11,13H,4-8,10,19H2,1H3,(H,20,24). The zero-order chi connectivity index (χ0) is 17.3. The summed E-state index contributed by atoms with van der Waals surface area (Å²) < 4.78 is 0. The van der Waals surface area contributed by atoms with E-state index in [1.807, 2.05) is 4.90 Å². The second kappa shape index (κ2) is 6.99. The lowest BCUT2D eigenvalue weighted by Crippen LogP contribution is -2.49. The van der Waals surface area contributed by atoms with E-state index in [1.54, 1.807) is 23.1 Å². The Morgan fingerprint density at radius 3 is 2.88 bits per heavy atom. The van der Waals surface area contributed by atoms with Crippen LogP contribution in [-0.2, 0) is 0 Å². The summed E-state index contributed by atoms with van der Waals surface area (Å²) in [6.07, 6.45) is 1.88. The van der Waals surface area contributed by atoms with Crippen molar-refractivity contribution in [2.75, 3.05) is 31.1 Å². The van der Waals surface area contributed by atoms with Crippen LogP contribution in [-0.4, -0.2) is 49.1 Å². The van der Waals surface area contributed by atoms with Crippen LogP contribution in [0.2, 0.25) is 5.02 Å². The molecule has 2 heterocycles. The van der Waals surface area contributed by atoms with E-state index in [-0.39, 0.29) is 18.0 Å². The number of rotatable bonds is 3. The molecule has 2 aliphatic heterocycles. The quantitative estimate of drug-likeness (QED) is 0.875. The summed E-state index contributed by atoms with van der Waals surface area (Å²) in [4.78, 5) is 28.3. The fraction of sp³-hybridized carbons (Fsp3) is 0.529. The average molecular weight is 351 g/mol. The predicted octanol–water partition coefficient (Wildman–Crippen LogP) is 2.07. The molecular formula is C17H23ClN4O2. The zero-order valence-corrected chi connectivity index (χ0v) is 14.6. The van der Waals surface area contributed by atoms with Gasteiger partial charge in [-0.25, -0.2) is 4.79 Å². The lowest BCUT2D eigenvalue weighted by Gasteiger charge is -2.38. The van der Waals surface area contributed by atoms with Crippen LogP contribution in [0.5, 0.6) is 0 Å². The summed E-state index contributed by atoms with van der Waals surface area (Å²) in [5.74, 6) is 0.460. The Kier molecular flexibility index (Phi) is 4.96. The molecule has 3 amide bonds. The van der Waals surface area contributed by atoms with E-state index < -0.39 is 0 Å². The van der Waals surface area contributed by atoms with Gasteiger partial charge in [0.15, 0.2) is 0 Å². The molecule has 130 valence electrons. The highest BCUT2D eigenvalue weighted by Crippen LogP contribution is 2.29. The molecule has 7 heteroatoms. The highest BCUT2D eigenvalue weighted by molar-refractivity contribution is 6.34. The van der Waals surface area contributed by atoms with Gasteiger partial charge in [0, 0.05) is 37.9 Å². The molecular weight excluding hydrogens is 328 g/mol. The summed E-state index contributed by atoms with van der Waals surface area (Å²) in [6, 6.07) is 5.04. The van der Waals surface area contributed by atoms with E-state index in [0.717, 1.165) is 12.8 Å². The Bertz CT molecular complexity index is 651. The maximum absolute atomic E-state index is 13.0. The van der Waals surface area contributed by atoms with Crippen LogP contribution in [0, 0.1) is 5.92 Å². The van der Waals surface area contributed by atoms with Gasteiger partial charge in [-0.2, -0.15) is 0 Å². The molecule has 2 atom stereocenters. The highest BCUT2D eigenvalue weighted by atomic mass is 35.5. The first-order valence-corrected chi connectivity index (χ1v) is 8.75. The number of urea groups is 1. The number of halogens is 1. The van der Waals surface area contributed by atoms with Gasteiger partial charge in [-0.05, 0) is 37.0 Å². The van der Waals surface area contributed by atoms with Gasteiger partial charge in [0.1, 0.15) is 0 Å². The summed E-state index contributed by atoms with van der Waals surface area (Å²) in [7, 11) is 0. The first-order valence-electron chi connectivity index (χ1n) is 8.37. The minimum absolute atomic E-state index is 0.0380. The smallest absolute Gasteiger partial charge is 0.321 e. The van der Waals surface area contributed by atoms with Crippen LogP contribution in [0.3, 0.4) is 0 Å². The fourth-order valence-electron chi connectivity index (χ4n) is 3.46. The molecule has 3 rings (SSSR count). The molecule has 1 aromatic rings. The number of anilines is 1. The fourth-order valence-corrected chi connectivity index (χ4v) is 3.66. The summed E-state index contributed by atoms with van der Waals surface area (Å²) >= 11 is 6.28. The van der Waals surface area contributed by atoms with Crippen LogP contribution < -0.4 is 16.0 Å². The third-order valence-electron chi connectivity index (χ3n) is 4.86. The molecule has 0 aromatic heterocycles. The van der Waals surface area contributed by atoms with Gasteiger partial charge in [-0.15, -0.1) is 0 Å². The lowest BCUT2D eigenvalue weighted by molar-refractivity contribution is 0.0574. The molecule has 2 unspecified atom stereocenters. The van der Waals surface area contributed by atoms with Crippen LogP contribution in [0.25, 0.3) is 0 Å². The van der Waals surface area contributed by atoms with E-state index in [0.29, 0.717) is 48.4 Å². The highest BCUT2D eigenvalue weighted by Gasteiger charge is 2.31. The normalized spacial score (nSPS) is 24.2. The second-order valence-corrected chi connectivity index (χ2v) is 6.97. The van der Waals surface area contributed by atoms with Gasteiger partial charge in [0.2, 0.25) is 0 Å². The zero-order valence-electron chi connectivity index (χ0n) is 13.8. The molecule has 2 fully saturated rings. The molecule has 6 nitrogen and oxygen atoms in total. The number of amides is 3. The Balaban J connectivity index is 1.87. The van der Waals surface area contributed by atoms with Crippen LogP contribution in [0.1, 0.15) is 30.1 Å². The number of carbonyl (C=O) groups is 2. The van der Waals surface area contributed by atoms with E-state index >= 15 is 0 Å². The monoisotopic (exact) mass is 350 g/mol. The van der Waals surface area contributed by atoms with Gasteiger partial charge in [0.25, 0.3) is 5.91 Å². The van der Waals surface area contributed by atoms with Gasteiger partial charge >= 0.3 is 6.03 Å². The first-order chi connectivity index (χ1) is 11.5. The molecule has 24 heavy (non-hydrogen) atoms. The van der Waals surface area contributed by atoms with E-state index in [9.17, 15) is 9.59 Å². The first kappa shape index (κ1) is 17.0. The second-order valence-electron chi connectivity index (χ2n) is 6.57. The number of likely N-dealkylation sites (tertiary alicyclic amines) is 1. The summed E-state index contributed by atoms with van der Waals surface area (Å²) in [5.41, 5.74) is 6.99. The Hall–Kier alpha value is -1.79. The van der Waals surface area contributed by atoms with Crippen LogP contribution in [0.15, 0.2) is 18.2 Å². The van der Waals surface area contributed by atoms with Crippen molar-refractivity contribution in [3.05, 3.63) is 28.8 Å². The van der Waals surface area contributed by atoms with Crippen molar-refractivity contribution in [1.82, 2.24) is 10.2 Å². The largest absolute Gasteiger partial charge is 0.336 e. The van der Waals surface area contributed by atoms with Gasteiger partial charge in [0.05, 0.1) is 10.6 Å². The minimum Gasteiger partial charge on any atom is -0.336 e. The van der Waals surface area contributed by atoms with Crippen LogP contribution in [0.4, 0.5) is 10.5 Å². The van der Waals surface area contributed by atoms with Crippen molar-refractivity contribution in [3.8, 4) is 0 Å². The minimum atomic E-state index is -0.151. The maximum Gasteiger partial charge on any atom is 0.321 e. The van der Waals surface area contributed by atoms with E-state index in [4.69, 9.17) is 17.3 Å². The van der Waals surface area contributed by atoms with Crippen molar-refractivity contribution in [1.29, 1.82) is 0 Å². The van der Waals surface area contributed by atoms with Gasteiger partial charge in [-0.1, -0.05) is 18.5 Å². The number of nitrogens with zero attached hydrogens (tertiary/aromatic N) is 2. The third kappa shape index (κ3) is 3.21. The van der Waals surface area contributed by atoms with Crippen molar-refractivity contribution in [2.24, 2.45) is 11.7 Å². The van der Waals surface area contributed by atoms with Crippen molar-refractivity contribution < 1.29 is 9.59 Å². The van der Waals surface area contributed by atoms with Crippen molar-refractivity contribution in [3.63, 3.8) is 0 Å². The number of nitrogens with one attached hydrogen (secondary N) is 1. The van der Waals surface area contributed by atoms with Gasteiger partial charge in [-0.3, -0.25) is 9.69 Å². The molecule has 2 aliphatic rings. The molecule has 0 spiro atoms. The maximum atomic E-state index is 13.0. The van der Waals surface area contributed by atoms with E-state index in [2.05, 4.69) is 12.2 Å². The molecule has 3 N–H and O–H groups in total. The number of piperidine rings is 1. The van der Waals surface area contributed by atoms with Crippen LogP contribution >= 0.6 is 11.6 Å². The molecule has 0 aliphatic carbocycles. The Morgan fingerprint density at radius 1 is 1.42 bits per heavy atom. The third-order valence-corrected chi connectivity index (χ3v) is 5.19. The number of nitrogens with two attached hydrogens (primary N) is 1. The molecule has 0 radical (unpaired) electrons. The number of hydrogen-bond donors (Lipinski definition) is 2. The topological polar surface area (TPSA) is 78.7 Å². The summed E-state index contributed by atoms with van der Waals surface area (Å²) in [5, 5.41) is 3.16. The lowest BCUT2D eigenvalue weighted by atomic mass is 9.92. The summed E-state index contributed by atoms with van der Waals surface area (Å²) in [6.45, 7) is 4.50. The van der Waals surface area contributed by atoms with Crippen molar-refractivity contribution in [2.45, 2.75) is 25.8 Å². The SMILES string of the molecule is CC1CCN(C(=O)c2cc(N3CCNC3=O)ccc2Cl)C(CN)C1. The molecule has 0 bridgehead atoms. The number of hydrogen-bond acceptors (Lipinski definition) is 3. The molecule has 1 aromatic carbocycles. The predicted molar refractivity (Wildman–Crippen MR) is 94.5 cm³/mol. The van der Waals surface area contributed by atoms with E-state index in [1.165, 1.54) is 0 Å². The van der Waals surface area contributed by atoms with Gasteiger partial charge < -0.3 is 16.0 Å².